The first-order chi connectivity index (χ1) is 12.3. The van der Waals surface area contributed by atoms with Crippen molar-refractivity contribution in [3.05, 3.63) is 42.0 Å². The molecule has 1 heterocycles. The molecule has 25 heavy (non-hydrogen) atoms. The number of fused-ring (bicyclic) bond motifs is 1. The first-order valence-electron chi connectivity index (χ1n) is 8.95. The number of benzene rings is 2. The molecular weight excluding hydrogens is 316 g/mol. The third-order valence-corrected chi connectivity index (χ3v) is 4.93. The Balaban J connectivity index is 1.60. The fraction of sp³-hybridized carbons (Fsp3) is 0.450. The van der Waals surface area contributed by atoms with Crippen LogP contribution in [-0.2, 0) is 16.1 Å². The van der Waals surface area contributed by atoms with Gasteiger partial charge in [0.2, 0.25) is 0 Å². The zero-order chi connectivity index (χ0) is 17.2. The van der Waals surface area contributed by atoms with Crippen molar-refractivity contribution in [2.75, 3.05) is 26.8 Å². The molecule has 1 N–H and O–H groups in total. The highest BCUT2D eigenvalue weighted by molar-refractivity contribution is 5.89. The lowest BCUT2D eigenvalue weighted by molar-refractivity contribution is -0.146. The Morgan fingerprint density at radius 1 is 1.32 bits per heavy atom. The number of ether oxygens (including phenoxy) is 2. The Morgan fingerprint density at radius 2 is 2.16 bits per heavy atom. The predicted octanol–water partition coefficient (Wildman–Crippen LogP) is 2.33. The maximum absolute atomic E-state index is 12.9. The standard InChI is InChI=1S/C20H24N2O3/c1-24-18-11-14(10-15-4-2-3-5-17(15)18)13-22(16-6-7-16)20(23)19-12-21-8-9-25-19/h2-5,10-11,16,19,21H,6-9,12-13H2,1H3/t19-/m1/s1. The number of hydrogen-bond donors (Lipinski definition) is 1. The van der Waals surface area contributed by atoms with Crippen LogP contribution in [0.2, 0.25) is 0 Å². The maximum Gasteiger partial charge on any atom is 0.253 e. The molecule has 1 aliphatic carbocycles. The Morgan fingerprint density at radius 3 is 2.88 bits per heavy atom. The molecule has 0 spiro atoms. The number of amides is 1. The van der Waals surface area contributed by atoms with Crippen molar-refractivity contribution >= 4 is 16.7 Å². The molecule has 2 fully saturated rings. The minimum Gasteiger partial charge on any atom is -0.496 e. The van der Waals surface area contributed by atoms with Crippen LogP contribution in [0.15, 0.2) is 36.4 Å². The summed E-state index contributed by atoms with van der Waals surface area (Å²) in [5.74, 6) is 0.953. The van der Waals surface area contributed by atoms with Crippen LogP contribution in [0.3, 0.4) is 0 Å². The first kappa shape index (κ1) is 16.4. The van der Waals surface area contributed by atoms with E-state index in [1.54, 1.807) is 7.11 Å². The molecule has 2 aromatic rings. The van der Waals surface area contributed by atoms with E-state index in [9.17, 15) is 4.79 Å². The second-order valence-corrected chi connectivity index (χ2v) is 6.78. The van der Waals surface area contributed by atoms with Gasteiger partial charge in [-0.15, -0.1) is 0 Å². The van der Waals surface area contributed by atoms with E-state index < -0.39 is 0 Å². The summed E-state index contributed by atoms with van der Waals surface area (Å²) in [6, 6.07) is 12.7. The Bertz CT molecular complexity index is 767. The molecule has 4 rings (SSSR count). The van der Waals surface area contributed by atoms with Gasteiger partial charge in [-0.3, -0.25) is 4.79 Å². The number of hydrogen-bond acceptors (Lipinski definition) is 4. The fourth-order valence-electron chi connectivity index (χ4n) is 3.47. The van der Waals surface area contributed by atoms with E-state index in [2.05, 4.69) is 23.5 Å². The second kappa shape index (κ2) is 7.02. The minimum atomic E-state index is -0.364. The van der Waals surface area contributed by atoms with E-state index in [-0.39, 0.29) is 12.0 Å². The number of nitrogens with one attached hydrogen (secondary N) is 1. The number of methoxy groups -OCH3 is 1. The Hall–Kier alpha value is -2.11. The molecule has 1 saturated heterocycles. The van der Waals surface area contributed by atoms with Crippen LogP contribution in [0.4, 0.5) is 0 Å². The molecule has 1 amide bonds. The molecule has 0 aromatic heterocycles. The largest absolute Gasteiger partial charge is 0.496 e. The summed E-state index contributed by atoms with van der Waals surface area (Å²) in [4.78, 5) is 14.9. The summed E-state index contributed by atoms with van der Waals surface area (Å²) in [7, 11) is 1.69. The summed E-state index contributed by atoms with van der Waals surface area (Å²) in [5, 5.41) is 5.47. The SMILES string of the molecule is COc1cc(CN(C(=O)[C@H]2CNCCO2)C2CC2)cc2ccccc12. The highest BCUT2D eigenvalue weighted by Crippen LogP contribution is 2.32. The van der Waals surface area contributed by atoms with Gasteiger partial charge in [0.15, 0.2) is 0 Å². The van der Waals surface area contributed by atoms with Crippen molar-refractivity contribution < 1.29 is 14.3 Å². The minimum absolute atomic E-state index is 0.0989. The number of morpholine rings is 1. The van der Waals surface area contributed by atoms with Gasteiger partial charge in [-0.1, -0.05) is 24.3 Å². The molecule has 5 heteroatoms. The van der Waals surface area contributed by atoms with Gasteiger partial charge in [0.1, 0.15) is 11.9 Å². The highest BCUT2D eigenvalue weighted by Gasteiger charge is 2.36. The summed E-state index contributed by atoms with van der Waals surface area (Å²) in [5.41, 5.74) is 1.10. The Labute approximate surface area is 147 Å². The van der Waals surface area contributed by atoms with Gasteiger partial charge < -0.3 is 19.7 Å². The van der Waals surface area contributed by atoms with E-state index in [1.165, 1.54) is 0 Å². The van der Waals surface area contributed by atoms with Gasteiger partial charge >= 0.3 is 0 Å². The van der Waals surface area contributed by atoms with Gasteiger partial charge in [0, 0.05) is 31.1 Å². The average molecular weight is 340 g/mol. The van der Waals surface area contributed by atoms with Gasteiger partial charge in [-0.05, 0) is 35.9 Å². The molecule has 132 valence electrons. The zero-order valence-corrected chi connectivity index (χ0v) is 14.5. The quantitative estimate of drug-likeness (QED) is 0.908. The van der Waals surface area contributed by atoms with Crippen molar-refractivity contribution in [1.82, 2.24) is 10.2 Å². The van der Waals surface area contributed by atoms with Gasteiger partial charge in [-0.25, -0.2) is 0 Å². The normalized spacial score (nSPS) is 20.4. The number of carbonyl (C=O) groups excluding carboxylic acids is 1. The molecule has 2 aromatic carbocycles. The van der Waals surface area contributed by atoms with Crippen LogP contribution in [-0.4, -0.2) is 49.8 Å². The van der Waals surface area contributed by atoms with E-state index in [0.29, 0.717) is 25.7 Å². The molecule has 5 nitrogen and oxygen atoms in total. The molecule has 1 atom stereocenters. The van der Waals surface area contributed by atoms with Crippen LogP contribution in [0.25, 0.3) is 10.8 Å². The van der Waals surface area contributed by atoms with Crippen LogP contribution in [0.1, 0.15) is 18.4 Å². The second-order valence-electron chi connectivity index (χ2n) is 6.78. The van der Waals surface area contributed by atoms with Crippen molar-refractivity contribution in [1.29, 1.82) is 0 Å². The van der Waals surface area contributed by atoms with Gasteiger partial charge in [-0.2, -0.15) is 0 Å². The number of carbonyl (C=O) groups is 1. The zero-order valence-electron chi connectivity index (χ0n) is 14.5. The van der Waals surface area contributed by atoms with E-state index in [1.807, 2.05) is 23.1 Å². The first-order valence-corrected chi connectivity index (χ1v) is 8.95. The summed E-state index contributed by atoms with van der Waals surface area (Å²) in [6.07, 6.45) is 1.80. The molecule has 0 unspecified atom stereocenters. The van der Waals surface area contributed by atoms with E-state index in [0.717, 1.165) is 41.5 Å². The molecular formula is C20H24N2O3. The summed E-state index contributed by atoms with van der Waals surface area (Å²) >= 11 is 0. The third-order valence-electron chi connectivity index (χ3n) is 4.93. The van der Waals surface area contributed by atoms with E-state index >= 15 is 0 Å². The van der Waals surface area contributed by atoms with Crippen molar-refractivity contribution in [2.45, 2.75) is 31.5 Å². The molecule has 1 aliphatic heterocycles. The smallest absolute Gasteiger partial charge is 0.253 e. The topological polar surface area (TPSA) is 50.8 Å². The molecule has 2 aliphatic rings. The lowest BCUT2D eigenvalue weighted by Gasteiger charge is -2.30. The van der Waals surface area contributed by atoms with Crippen molar-refractivity contribution in [2.24, 2.45) is 0 Å². The van der Waals surface area contributed by atoms with Crippen LogP contribution >= 0.6 is 0 Å². The fourth-order valence-corrected chi connectivity index (χ4v) is 3.47. The summed E-state index contributed by atoms with van der Waals surface area (Å²) in [6.45, 7) is 2.61. The van der Waals surface area contributed by atoms with Gasteiger partial charge in [0.25, 0.3) is 5.91 Å². The van der Waals surface area contributed by atoms with Crippen LogP contribution < -0.4 is 10.1 Å². The molecule has 0 radical (unpaired) electrons. The van der Waals surface area contributed by atoms with Crippen LogP contribution in [0, 0.1) is 0 Å². The predicted molar refractivity (Wildman–Crippen MR) is 96.7 cm³/mol. The average Bonchev–Trinajstić information content (AvgIpc) is 3.50. The lowest BCUT2D eigenvalue weighted by Crippen LogP contribution is -2.49. The Kier molecular flexibility index (Phi) is 4.59. The van der Waals surface area contributed by atoms with Gasteiger partial charge in [0.05, 0.1) is 13.7 Å². The number of nitrogens with zero attached hydrogens (tertiary/aromatic N) is 1. The lowest BCUT2D eigenvalue weighted by atomic mass is 10.0. The van der Waals surface area contributed by atoms with Crippen LogP contribution in [0.5, 0.6) is 5.75 Å². The summed E-state index contributed by atoms with van der Waals surface area (Å²) < 4.78 is 11.2. The number of rotatable bonds is 5. The van der Waals surface area contributed by atoms with Crippen molar-refractivity contribution in [3.8, 4) is 5.75 Å². The third kappa shape index (κ3) is 3.48. The molecule has 0 bridgehead atoms. The van der Waals surface area contributed by atoms with Crippen molar-refractivity contribution in [3.63, 3.8) is 0 Å². The maximum atomic E-state index is 12.9. The molecule has 1 saturated carbocycles. The monoisotopic (exact) mass is 340 g/mol. The van der Waals surface area contributed by atoms with E-state index in [4.69, 9.17) is 9.47 Å². The highest BCUT2D eigenvalue weighted by atomic mass is 16.5.